The van der Waals surface area contributed by atoms with E-state index in [0.29, 0.717) is 45.0 Å². The highest BCUT2D eigenvalue weighted by Gasteiger charge is 2.26. The van der Waals surface area contributed by atoms with Gasteiger partial charge in [-0.1, -0.05) is 12.1 Å². The van der Waals surface area contributed by atoms with Crippen molar-refractivity contribution >= 4 is 21.8 Å². The zero-order valence-corrected chi connectivity index (χ0v) is 16.4. The van der Waals surface area contributed by atoms with E-state index in [9.17, 15) is 18.0 Å². The second-order valence-electron chi connectivity index (χ2n) is 6.69. The van der Waals surface area contributed by atoms with E-state index in [-0.39, 0.29) is 17.5 Å². The van der Waals surface area contributed by atoms with Crippen LogP contribution in [-0.2, 0) is 35.6 Å². The van der Waals surface area contributed by atoms with Gasteiger partial charge in [-0.2, -0.15) is 4.31 Å². The highest BCUT2D eigenvalue weighted by molar-refractivity contribution is 7.89. The van der Waals surface area contributed by atoms with E-state index < -0.39 is 21.8 Å². The molecule has 1 aromatic rings. The summed E-state index contributed by atoms with van der Waals surface area (Å²) in [5.74, 6) is -1.44. The minimum absolute atomic E-state index is 0.0299. The fourth-order valence-corrected chi connectivity index (χ4v) is 4.48. The molecule has 3 rings (SSSR count). The molecule has 2 heterocycles. The number of sulfonamides is 1. The second kappa shape index (κ2) is 9.46. The average molecular weight is 411 g/mol. The van der Waals surface area contributed by atoms with E-state index in [1.807, 2.05) is 0 Å². The number of hydrogen-bond donors (Lipinski definition) is 2. The third-order valence-corrected chi connectivity index (χ3v) is 6.62. The standard InChI is InChI=1S/C18H25N3O6S/c22-17(18(23)20-13-15-2-1-9-27-15)19-12-14-3-5-16(6-4-14)28(24,25)21-7-10-26-11-8-21/h3-6,15H,1-2,7-13H2,(H,19,22)(H,20,23). The lowest BCUT2D eigenvalue weighted by Crippen LogP contribution is -2.42. The van der Waals surface area contributed by atoms with Crippen LogP contribution in [0.1, 0.15) is 18.4 Å². The summed E-state index contributed by atoms with van der Waals surface area (Å²) in [6.07, 6.45) is 1.81. The lowest BCUT2D eigenvalue weighted by molar-refractivity contribution is -0.139. The van der Waals surface area contributed by atoms with Crippen molar-refractivity contribution < 1.29 is 27.5 Å². The Morgan fingerprint density at radius 3 is 2.36 bits per heavy atom. The molecule has 0 bridgehead atoms. The third-order valence-electron chi connectivity index (χ3n) is 4.70. The molecule has 154 valence electrons. The lowest BCUT2D eigenvalue weighted by Gasteiger charge is -2.26. The molecule has 2 saturated heterocycles. The Kier molecular flexibility index (Phi) is 7.00. The quantitative estimate of drug-likeness (QED) is 0.617. The number of nitrogens with one attached hydrogen (secondary N) is 2. The second-order valence-corrected chi connectivity index (χ2v) is 8.63. The molecule has 2 N–H and O–H groups in total. The molecule has 2 fully saturated rings. The molecule has 0 spiro atoms. The summed E-state index contributed by atoms with van der Waals surface area (Å²) < 4.78 is 37.1. The maximum absolute atomic E-state index is 12.6. The first-order valence-electron chi connectivity index (χ1n) is 9.31. The number of ether oxygens (including phenoxy) is 2. The van der Waals surface area contributed by atoms with E-state index in [1.54, 1.807) is 12.1 Å². The summed E-state index contributed by atoms with van der Waals surface area (Å²) in [4.78, 5) is 23.9. The molecule has 0 aromatic heterocycles. The van der Waals surface area contributed by atoms with E-state index in [1.165, 1.54) is 16.4 Å². The summed E-state index contributed by atoms with van der Waals surface area (Å²) in [5.41, 5.74) is 0.696. The first-order chi connectivity index (χ1) is 13.5. The number of rotatable bonds is 6. The molecule has 0 aliphatic carbocycles. The fraction of sp³-hybridized carbons (Fsp3) is 0.556. The largest absolute Gasteiger partial charge is 0.379 e. The van der Waals surface area contributed by atoms with Gasteiger partial charge >= 0.3 is 11.8 Å². The number of carbonyl (C=O) groups excluding carboxylic acids is 2. The van der Waals surface area contributed by atoms with Crippen LogP contribution in [-0.4, -0.2) is 70.1 Å². The minimum atomic E-state index is -3.55. The molecule has 1 aromatic carbocycles. The van der Waals surface area contributed by atoms with E-state index >= 15 is 0 Å². The maximum Gasteiger partial charge on any atom is 0.309 e. The Balaban J connectivity index is 1.48. The number of hydrogen-bond acceptors (Lipinski definition) is 6. The van der Waals surface area contributed by atoms with Crippen LogP contribution < -0.4 is 10.6 Å². The highest BCUT2D eigenvalue weighted by Crippen LogP contribution is 2.17. The highest BCUT2D eigenvalue weighted by atomic mass is 32.2. The maximum atomic E-state index is 12.6. The molecular formula is C18H25N3O6S. The minimum Gasteiger partial charge on any atom is -0.379 e. The van der Waals surface area contributed by atoms with Gasteiger partial charge in [0.05, 0.1) is 24.2 Å². The molecule has 1 unspecified atom stereocenters. The van der Waals surface area contributed by atoms with E-state index in [4.69, 9.17) is 9.47 Å². The van der Waals surface area contributed by atoms with Crippen LogP contribution >= 0.6 is 0 Å². The van der Waals surface area contributed by atoms with Crippen LogP contribution in [0, 0.1) is 0 Å². The Hall–Kier alpha value is -2.01. The molecule has 1 atom stereocenters. The molecule has 2 aliphatic rings. The van der Waals surface area contributed by atoms with Crippen LogP contribution in [0.25, 0.3) is 0 Å². The summed E-state index contributed by atoms with van der Waals surface area (Å²) in [7, 11) is -3.55. The van der Waals surface area contributed by atoms with Gasteiger partial charge in [-0.3, -0.25) is 9.59 Å². The Morgan fingerprint density at radius 2 is 1.71 bits per heavy atom. The van der Waals surface area contributed by atoms with Gasteiger partial charge in [-0.15, -0.1) is 0 Å². The van der Waals surface area contributed by atoms with Crippen LogP contribution in [0.3, 0.4) is 0 Å². The van der Waals surface area contributed by atoms with E-state index in [0.717, 1.165) is 12.8 Å². The first kappa shape index (κ1) is 20.7. The van der Waals surface area contributed by atoms with Crippen LogP contribution in [0.4, 0.5) is 0 Å². The van der Waals surface area contributed by atoms with Crippen molar-refractivity contribution in [3.63, 3.8) is 0 Å². The summed E-state index contributed by atoms with van der Waals surface area (Å²) >= 11 is 0. The summed E-state index contributed by atoms with van der Waals surface area (Å²) in [5, 5.41) is 5.08. The number of nitrogens with zero attached hydrogens (tertiary/aromatic N) is 1. The molecule has 10 heteroatoms. The van der Waals surface area contributed by atoms with Crippen molar-refractivity contribution in [3.8, 4) is 0 Å². The van der Waals surface area contributed by atoms with Crippen molar-refractivity contribution in [2.75, 3.05) is 39.5 Å². The van der Waals surface area contributed by atoms with Crippen LogP contribution in [0.15, 0.2) is 29.2 Å². The monoisotopic (exact) mass is 411 g/mol. The Bertz CT molecular complexity index is 784. The molecular weight excluding hydrogens is 386 g/mol. The molecule has 2 aliphatic heterocycles. The topological polar surface area (TPSA) is 114 Å². The van der Waals surface area contributed by atoms with Gasteiger partial charge in [0.25, 0.3) is 0 Å². The lowest BCUT2D eigenvalue weighted by atomic mass is 10.2. The van der Waals surface area contributed by atoms with Gasteiger partial charge < -0.3 is 20.1 Å². The van der Waals surface area contributed by atoms with Crippen molar-refractivity contribution in [3.05, 3.63) is 29.8 Å². The van der Waals surface area contributed by atoms with Gasteiger partial charge in [0.2, 0.25) is 10.0 Å². The van der Waals surface area contributed by atoms with Gasteiger partial charge in [0.15, 0.2) is 0 Å². The number of morpholine rings is 1. The van der Waals surface area contributed by atoms with Crippen LogP contribution in [0.5, 0.6) is 0 Å². The predicted octanol–water partition coefficient (Wildman–Crippen LogP) is -0.381. The fourth-order valence-electron chi connectivity index (χ4n) is 3.07. The summed E-state index contributed by atoms with van der Waals surface area (Å²) in [6, 6.07) is 6.25. The number of carbonyl (C=O) groups is 2. The molecule has 2 amide bonds. The molecule has 9 nitrogen and oxygen atoms in total. The molecule has 0 saturated carbocycles. The third kappa shape index (κ3) is 5.28. The van der Waals surface area contributed by atoms with Gasteiger partial charge in [0.1, 0.15) is 0 Å². The zero-order valence-electron chi connectivity index (χ0n) is 15.6. The van der Waals surface area contributed by atoms with Gasteiger partial charge in [-0.05, 0) is 30.5 Å². The Labute approximate surface area is 164 Å². The average Bonchev–Trinajstić information content (AvgIpc) is 3.25. The molecule has 0 radical (unpaired) electrons. The van der Waals surface area contributed by atoms with E-state index in [2.05, 4.69) is 10.6 Å². The zero-order chi connectivity index (χ0) is 20.0. The van der Waals surface area contributed by atoms with Crippen molar-refractivity contribution in [2.24, 2.45) is 0 Å². The SMILES string of the molecule is O=C(NCc1ccc(S(=O)(=O)N2CCOCC2)cc1)C(=O)NCC1CCCO1. The predicted molar refractivity (Wildman–Crippen MR) is 99.9 cm³/mol. The molecule has 28 heavy (non-hydrogen) atoms. The van der Waals surface area contributed by atoms with Crippen molar-refractivity contribution in [2.45, 2.75) is 30.4 Å². The Morgan fingerprint density at radius 1 is 1.04 bits per heavy atom. The smallest absolute Gasteiger partial charge is 0.309 e. The number of amides is 2. The first-order valence-corrected chi connectivity index (χ1v) is 10.8. The van der Waals surface area contributed by atoms with Gasteiger partial charge in [-0.25, -0.2) is 8.42 Å². The normalized spacial score (nSPS) is 20.6. The van der Waals surface area contributed by atoms with Crippen molar-refractivity contribution in [1.82, 2.24) is 14.9 Å². The summed E-state index contributed by atoms with van der Waals surface area (Å²) in [6.45, 7) is 2.58. The van der Waals surface area contributed by atoms with Gasteiger partial charge in [0, 0.05) is 32.8 Å². The number of benzene rings is 1. The van der Waals surface area contributed by atoms with Crippen molar-refractivity contribution in [1.29, 1.82) is 0 Å². The van der Waals surface area contributed by atoms with Crippen LogP contribution in [0.2, 0.25) is 0 Å².